The van der Waals surface area contributed by atoms with Crippen molar-refractivity contribution in [1.29, 1.82) is 0 Å². The van der Waals surface area contributed by atoms with Crippen molar-refractivity contribution in [3.8, 4) is 16.9 Å². The van der Waals surface area contributed by atoms with E-state index in [4.69, 9.17) is 0 Å². The maximum absolute atomic E-state index is 12.4. The van der Waals surface area contributed by atoms with Crippen LogP contribution < -0.4 is 10.1 Å². The molecule has 2 heterocycles. The molecule has 0 saturated heterocycles. The summed E-state index contributed by atoms with van der Waals surface area (Å²) in [7, 11) is 0. The summed E-state index contributed by atoms with van der Waals surface area (Å²) in [5.41, 5.74) is 1.87. The van der Waals surface area contributed by atoms with Gasteiger partial charge in [-0.25, -0.2) is 15.0 Å². The number of carboxylic acid groups (broad SMARTS) is 1. The number of thioether (sulfide) groups is 1. The van der Waals surface area contributed by atoms with Crippen LogP contribution in [0, 0.1) is 0 Å². The highest BCUT2D eigenvalue weighted by Crippen LogP contribution is 2.34. The van der Waals surface area contributed by atoms with E-state index in [2.05, 4.69) is 25.0 Å². The zero-order valence-corrected chi connectivity index (χ0v) is 19.9. The number of aliphatic carboxylic acids is 1. The van der Waals surface area contributed by atoms with Crippen LogP contribution in [-0.4, -0.2) is 43.7 Å². The average molecular weight is 521 g/mol. The molecule has 2 N–H and O–H groups in total. The van der Waals surface area contributed by atoms with Gasteiger partial charge >= 0.3 is 12.3 Å². The van der Waals surface area contributed by atoms with E-state index in [-0.39, 0.29) is 18.2 Å². The molecule has 3 aromatic rings. The smallest absolute Gasteiger partial charge is 0.480 e. The van der Waals surface area contributed by atoms with E-state index < -0.39 is 17.1 Å². The molecule has 0 aliphatic carbocycles. The van der Waals surface area contributed by atoms with E-state index in [1.165, 1.54) is 53.7 Å². The van der Waals surface area contributed by atoms with Crippen LogP contribution in [0.2, 0.25) is 0 Å². The molecule has 0 aliphatic heterocycles. The molecule has 0 radical (unpaired) electrons. The van der Waals surface area contributed by atoms with E-state index in [0.717, 1.165) is 5.69 Å². The van der Waals surface area contributed by atoms with E-state index >= 15 is 0 Å². The number of nitrogens with one attached hydrogen (secondary N) is 1. The molecule has 33 heavy (non-hydrogen) atoms. The molecule has 0 saturated carbocycles. The summed E-state index contributed by atoms with van der Waals surface area (Å²) in [6, 6.07) is 5.58. The molecule has 7 nitrogen and oxygen atoms in total. The highest BCUT2D eigenvalue weighted by Gasteiger charge is 2.31. The monoisotopic (exact) mass is 520 g/mol. The minimum Gasteiger partial charge on any atom is -0.480 e. The van der Waals surface area contributed by atoms with Crippen molar-refractivity contribution in [2.24, 2.45) is 0 Å². The van der Waals surface area contributed by atoms with Gasteiger partial charge in [0, 0.05) is 36.3 Å². The summed E-state index contributed by atoms with van der Waals surface area (Å²) in [6.07, 6.45) is -1.15. The number of halogens is 4. The van der Waals surface area contributed by atoms with Crippen molar-refractivity contribution in [3.05, 3.63) is 47.7 Å². The van der Waals surface area contributed by atoms with Crippen LogP contribution in [0.25, 0.3) is 11.1 Å². The summed E-state index contributed by atoms with van der Waals surface area (Å²) in [6.45, 7) is 3.76. The minimum atomic E-state index is -4.76. The number of ether oxygens (including phenoxy) is 1. The van der Waals surface area contributed by atoms with Crippen LogP contribution in [0.5, 0.6) is 5.75 Å². The number of rotatable bonds is 9. The SMILES string of the molecule is CC(C)(Sc1nc(CCNc2ncc(-c3cccc(OC(F)(F)F)c3)cn2)cs1)C(=O)O.Cl. The maximum atomic E-state index is 12.4. The van der Waals surface area contributed by atoms with Crippen LogP contribution in [0.3, 0.4) is 0 Å². The normalized spacial score (nSPS) is 11.5. The second-order valence-corrected chi connectivity index (χ2v) is 9.80. The zero-order valence-electron chi connectivity index (χ0n) is 17.4. The lowest BCUT2D eigenvalue weighted by atomic mass is 10.1. The largest absolute Gasteiger partial charge is 0.573 e. The third-order valence-corrected chi connectivity index (χ3v) is 6.28. The fourth-order valence-corrected chi connectivity index (χ4v) is 4.68. The Morgan fingerprint density at radius 1 is 1.21 bits per heavy atom. The quantitative estimate of drug-likeness (QED) is 0.355. The number of aromatic nitrogens is 3. The lowest BCUT2D eigenvalue weighted by Crippen LogP contribution is -2.26. The molecule has 0 aliphatic rings. The Labute approximate surface area is 202 Å². The molecule has 0 spiro atoms. The van der Waals surface area contributed by atoms with Crippen LogP contribution in [-0.2, 0) is 11.2 Å². The first-order valence-electron chi connectivity index (χ1n) is 9.31. The fraction of sp³-hybridized carbons (Fsp3) is 0.300. The number of hydrogen-bond acceptors (Lipinski definition) is 8. The predicted molar refractivity (Wildman–Crippen MR) is 123 cm³/mol. The van der Waals surface area contributed by atoms with Crippen LogP contribution >= 0.6 is 35.5 Å². The number of thiazole rings is 1. The standard InChI is InChI=1S/C20H19F3N4O3S2.ClH/c1-19(2,16(28)29)32-18-27-14(11-31-18)6-7-24-17-25-9-13(10-26-17)12-4-3-5-15(8-12)30-20(21,22)23;/h3-5,8-11H,6-7H2,1-2H3,(H,28,29)(H,24,25,26);1H. The van der Waals surface area contributed by atoms with Crippen LogP contribution in [0.15, 0.2) is 46.4 Å². The van der Waals surface area contributed by atoms with Gasteiger partial charge in [-0.05, 0) is 31.5 Å². The van der Waals surface area contributed by atoms with Crippen molar-refractivity contribution in [2.75, 3.05) is 11.9 Å². The Hall–Kier alpha value is -2.57. The number of nitrogens with zero attached hydrogens (tertiary/aromatic N) is 3. The van der Waals surface area contributed by atoms with Gasteiger partial charge < -0.3 is 15.2 Å². The molecule has 178 valence electrons. The average Bonchev–Trinajstić information content (AvgIpc) is 3.14. The van der Waals surface area contributed by atoms with Crippen molar-refractivity contribution >= 4 is 47.4 Å². The molecule has 0 amide bonds. The predicted octanol–water partition coefficient (Wildman–Crippen LogP) is 5.53. The van der Waals surface area contributed by atoms with Gasteiger partial charge in [0.25, 0.3) is 0 Å². The van der Waals surface area contributed by atoms with Gasteiger partial charge in [0.15, 0.2) is 4.34 Å². The Morgan fingerprint density at radius 3 is 2.55 bits per heavy atom. The molecule has 13 heteroatoms. The van der Waals surface area contributed by atoms with Crippen molar-refractivity contribution in [2.45, 2.75) is 35.7 Å². The maximum Gasteiger partial charge on any atom is 0.573 e. The van der Waals surface area contributed by atoms with E-state index in [1.54, 1.807) is 19.9 Å². The Bertz CT molecular complexity index is 1080. The molecule has 2 aromatic heterocycles. The number of carboxylic acids is 1. The number of carbonyl (C=O) groups is 1. The number of alkyl halides is 3. The summed E-state index contributed by atoms with van der Waals surface area (Å²) in [5, 5.41) is 14.1. The van der Waals surface area contributed by atoms with Gasteiger partial charge in [0.05, 0.1) is 5.69 Å². The first kappa shape index (κ1) is 26.7. The third kappa shape index (κ3) is 8.06. The second kappa shape index (κ2) is 11.0. The lowest BCUT2D eigenvalue weighted by Gasteiger charge is -2.15. The molecule has 3 rings (SSSR count). The molecule has 0 atom stereocenters. The van der Waals surface area contributed by atoms with Crippen LogP contribution in [0.1, 0.15) is 19.5 Å². The van der Waals surface area contributed by atoms with Gasteiger partial charge in [-0.2, -0.15) is 0 Å². The summed E-state index contributed by atoms with van der Waals surface area (Å²) >= 11 is 2.59. The number of benzene rings is 1. The van der Waals surface area contributed by atoms with E-state index in [1.807, 2.05) is 5.38 Å². The fourth-order valence-electron chi connectivity index (χ4n) is 2.46. The molecule has 1 aromatic carbocycles. The van der Waals surface area contributed by atoms with Gasteiger partial charge in [-0.15, -0.1) is 36.9 Å². The molecule has 0 bridgehead atoms. The van der Waals surface area contributed by atoms with Crippen LogP contribution in [0.4, 0.5) is 19.1 Å². The minimum absolute atomic E-state index is 0. The van der Waals surface area contributed by atoms with Gasteiger partial charge in [0.2, 0.25) is 5.95 Å². The Kier molecular flexibility index (Phi) is 8.92. The first-order chi connectivity index (χ1) is 15.0. The van der Waals surface area contributed by atoms with Crippen molar-refractivity contribution in [1.82, 2.24) is 15.0 Å². The highest BCUT2D eigenvalue weighted by atomic mass is 35.5. The molecular formula is C20H20ClF3N4O3S2. The Balaban J connectivity index is 0.00000385. The number of hydrogen-bond donors (Lipinski definition) is 2. The van der Waals surface area contributed by atoms with E-state index in [9.17, 15) is 23.1 Å². The summed E-state index contributed by atoms with van der Waals surface area (Å²) < 4.78 is 40.8. The van der Waals surface area contributed by atoms with Crippen molar-refractivity contribution < 1.29 is 27.8 Å². The topological polar surface area (TPSA) is 97.2 Å². The summed E-state index contributed by atoms with van der Waals surface area (Å²) in [5.74, 6) is -0.848. The molecular weight excluding hydrogens is 501 g/mol. The first-order valence-corrected chi connectivity index (χ1v) is 11.0. The number of anilines is 1. The summed E-state index contributed by atoms with van der Waals surface area (Å²) in [4.78, 5) is 24.1. The van der Waals surface area contributed by atoms with E-state index in [0.29, 0.717) is 34.4 Å². The Morgan fingerprint density at radius 2 is 1.91 bits per heavy atom. The third-order valence-electron chi connectivity index (χ3n) is 4.11. The van der Waals surface area contributed by atoms with Gasteiger partial charge in [0.1, 0.15) is 10.5 Å². The lowest BCUT2D eigenvalue weighted by molar-refractivity contribution is -0.274. The van der Waals surface area contributed by atoms with Crippen molar-refractivity contribution in [3.63, 3.8) is 0 Å². The highest BCUT2D eigenvalue weighted by molar-refractivity contribution is 8.02. The zero-order chi connectivity index (χ0) is 23.4. The second-order valence-electron chi connectivity index (χ2n) is 7.07. The van der Waals surface area contributed by atoms with Gasteiger partial charge in [-0.1, -0.05) is 23.9 Å². The molecule has 0 unspecified atom stereocenters. The molecule has 0 fully saturated rings. The van der Waals surface area contributed by atoms with Gasteiger partial charge in [-0.3, -0.25) is 4.79 Å².